The molecule has 4 rings (SSSR count). The van der Waals surface area contributed by atoms with Crippen LogP contribution in [0.3, 0.4) is 0 Å². The number of phenols is 2. The van der Waals surface area contributed by atoms with Crippen molar-refractivity contribution in [2.45, 2.75) is 45.9 Å². The van der Waals surface area contributed by atoms with Gasteiger partial charge in [0.25, 0.3) is 0 Å². The van der Waals surface area contributed by atoms with Gasteiger partial charge < -0.3 is 41.7 Å². The minimum atomic E-state index is -0.899. The van der Waals surface area contributed by atoms with Crippen LogP contribution in [0.25, 0.3) is 0 Å². The number of carbonyl (C=O) groups is 2. The number of phenolic OH excluding ortho intramolecular Hbond substituents is 2. The molecule has 244 valence electrons. The van der Waals surface area contributed by atoms with E-state index in [1.807, 2.05) is 61.5 Å². The van der Waals surface area contributed by atoms with E-state index in [-0.39, 0.29) is 38.7 Å². The lowest BCUT2D eigenvalue weighted by Gasteiger charge is -2.13. The molecule has 0 aliphatic heterocycles. The van der Waals surface area contributed by atoms with Gasteiger partial charge in [-0.15, -0.1) is 0 Å². The molecule has 0 spiro atoms. The average molecular weight is 670 g/mol. The predicted octanol–water partition coefficient (Wildman–Crippen LogP) is 7.19. The number of rotatable bonds is 9. The fourth-order valence-electron chi connectivity index (χ4n) is 4.32. The fraction of sp³-hybridized carbons (Fsp3) is 0.235. The quantitative estimate of drug-likeness (QED) is 0.0880. The van der Waals surface area contributed by atoms with Crippen LogP contribution in [-0.2, 0) is 13.0 Å². The summed E-state index contributed by atoms with van der Waals surface area (Å²) < 4.78 is 0. The Morgan fingerprint density at radius 2 is 1.20 bits per heavy atom. The molecule has 2 atom stereocenters. The Bertz CT molecular complexity index is 1630. The number of aryl methyl sites for hydroxylation is 1. The van der Waals surface area contributed by atoms with Gasteiger partial charge >= 0.3 is 12.1 Å². The molecule has 12 heteroatoms. The molecule has 2 unspecified atom stereocenters. The first-order valence-electron chi connectivity index (χ1n) is 14.4. The van der Waals surface area contributed by atoms with E-state index >= 15 is 0 Å². The summed E-state index contributed by atoms with van der Waals surface area (Å²) in [6, 6.07) is 22.7. The monoisotopic (exact) mass is 668 g/mol. The van der Waals surface area contributed by atoms with Gasteiger partial charge in [0.05, 0.1) is 22.3 Å². The van der Waals surface area contributed by atoms with E-state index in [0.29, 0.717) is 24.5 Å². The summed E-state index contributed by atoms with van der Waals surface area (Å²) in [5.41, 5.74) is 4.57. The number of hydrogen-bond acceptors (Lipinski definition) is 6. The SMILES string of the molecule is CC(O)c1cc(NC(=O)NCCc2ccccc2)cc(Cl)c1O.Cc1ccccc1CNC(=O)Nc1cc(Cl)c(O)c(C(C)O)c1. The van der Waals surface area contributed by atoms with Crippen molar-refractivity contribution < 1.29 is 30.0 Å². The number of aliphatic hydroxyl groups excluding tert-OH is 2. The topological polar surface area (TPSA) is 163 Å². The maximum Gasteiger partial charge on any atom is 0.319 e. The molecule has 8 N–H and O–H groups in total. The first kappa shape index (κ1) is 36.0. The Labute approximate surface area is 278 Å². The lowest BCUT2D eigenvalue weighted by Crippen LogP contribution is -2.30. The standard InChI is InChI=1S/2C17H19ClN2O3/c1-10-5-3-4-6-12(10)9-19-17(23)20-13-7-14(11(2)21)16(22)15(18)8-13;1-11(21)14-9-13(10-15(18)16(14)22)20-17(23)19-8-7-12-5-3-2-4-6-12/h3-8,11,21-22H,9H2,1-2H3,(H2,19,20,23);2-6,9-11,21-22H,7-8H2,1H3,(H2,19,20,23). The van der Waals surface area contributed by atoms with Crippen LogP contribution in [0.2, 0.25) is 10.0 Å². The Kier molecular flexibility index (Phi) is 13.5. The van der Waals surface area contributed by atoms with Crippen molar-refractivity contribution >= 4 is 46.6 Å². The van der Waals surface area contributed by atoms with Gasteiger partial charge in [0.2, 0.25) is 0 Å². The van der Waals surface area contributed by atoms with Gasteiger partial charge in [-0.3, -0.25) is 0 Å². The number of hydrogen-bond donors (Lipinski definition) is 8. The van der Waals surface area contributed by atoms with Crippen molar-refractivity contribution in [3.05, 3.63) is 117 Å². The summed E-state index contributed by atoms with van der Waals surface area (Å²) in [6.45, 7) is 5.88. The molecule has 0 radical (unpaired) electrons. The smallest absolute Gasteiger partial charge is 0.319 e. The highest BCUT2D eigenvalue weighted by molar-refractivity contribution is 6.32. The third kappa shape index (κ3) is 10.8. The van der Waals surface area contributed by atoms with Crippen LogP contribution in [0.15, 0.2) is 78.9 Å². The number of urea groups is 2. The molecule has 10 nitrogen and oxygen atoms in total. The largest absolute Gasteiger partial charge is 0.506 e. The maximum absolute atomic E-state index is 12.0. The summed E-state index contributed by atoms with van der Waals surface area (Å²) in [5.74, 6) is -0.371. The molecule has 0 aliphatic carbocycles. The van der Waals surface area contributed by atoms with Gasteiger partial charge in [0, 0.05) is 35.6 Å². The molecular formula is C34H38Cl2N4O6. The van der Waals surface area contributed by atoms with Crippen molar-refractivity contribution in [2.75, 3.05) is 17.2 Å². The third-order valence-corrected chi connectivity index (χ3v) is 7.42. The molecule has 4 aromatic carbocycles. The van der Waals surface area contributed by atoms with E-state index in [2.05, 4.69) is 21.3 Å². The van der Waals surface area contributed by atoms with Crippen molar-refractivity contribution in [2.24, 2.45) is 0 Å². The zero-order chi connectivity index (χ0) is 33.8. The van der Waals surface area contributed by atoms with Crippen LogP contribution in [0.4, 0.5) is 21.0 Å². The highest BCUT2D eigenvalue weighted by atomic mass is 35.5. The van der Waals surface area contributed by atoms with E-state index in [4.69, 9.17) is 23.2 Å². The number of aliphatic hydroxyl groups is 2. The van der Waals surface area contributed by atoms with Crippen molar-refractivity contribution in [1.82, 2.24) is 10.6 Å². The number of anilines is 2. The van der Waals surface area contributed by atoms with Gasteiger partial charge in [-0.05, 0) is 68.1 Å². The number of nitrogens with one attached hydrogen (secondary N) is 4. The molecule has 0 saturated carbocycles. The molecule has 0 fully saturated rings. The van der Waals surface area contributed by atoms with E-state index in [1.54, 1.807) is 0 Å². The van der Waals surface area contributed by atoms with Crippen LogP contribution < -0.4 is 21.3 Å². The summed E-state index contributed by atoms with van der Waals surface area (Å²) in [7, 11) is 0. The molecular weight excluding hydrogens is 631 g/mol. The Morgan fingerprint density at radius 3 is 1.70 bits per heavy atom. The van der Waals surface area contributed by atoms with Crippen LogP contribution in [0, 0.1) is 6.92 Å². The average Bonchev–Trinajstić information content (AvgIpc) is 3.00. The zero-order valence-electron chi connectivity index (χ0n) is 25.6. The Hall–Kier alpha value is -4.48. The minimum absolute atomic E-state index is 0.0672. The van der Waals surface area contributed by atoms with Gasteiger partial charge in [-0.2, -0.15) is 0 Å². The van der Waals surface area contributed by atoms with Crippen molar-refractivity contribution in [3.63, 3.8) is 0 Å². The molecule has 0 aromatic heterocycles. The second-order valence-corrected chi connectivity index (χ2v) is 11.3. The fourth-order valence-corrected chi connectivity index (χ4v) is 4.77. The lowest BCUT2D eigenvalue weighted by atomic mass is 10.1. The molecule has 0 saturated heterocycles. The second-order valence-electron chi connectivity index (χ2n) is 10.5. The van der Waals surface area contributed by atoms with Crippen LogP contribution in [-0.4, -0.2) is 39.0 Å². The predicted molar refractivity (Wildman–Crippen MR) is 182 cm³/mol. The normalized spacial score (nSPS) is 11.8. The Balaban J connectivity index is 0.000000250. The number of halogens is 2. The number of benzene rings is 4. The van der Waals surface area contributed by atoms with Gasteiger partial charge in [-0.1, -0.05) is 77.8 Å². The molecule has 4 amide bonds. The second kappa shape index (κ2) is 17.3. The molecule has 0 heterocycles. The van der Waals surface area contributed by atoms with E-state index < -0.39 is 18.2 Å². The summed E-state index contributed by atoms with van der Waals surface area (Å²) in [5, 5.41) is 49.7. The summed E-state index contributed by atoms with van der Waals surface area (Å²) in [6.07, 6.45) is -1.07. The maximum atomic E-state index is 12.0. The Morgan fingerprint density at radius 1 is 0.717 bits per heavy atom. The molecule has 0 bridgehead atoms. The van der Waals surface area contributed by atoms with E-state index in [0.717, 1.165) is 23.1 Å². The van der Waals surface area contributed by atoms with Gasteiger partial charge in [0.15, 0.2) is 0 Å². The molecule has 0 aliphatic rings. The van der Waals surface area contributed by atoms with Crippen LogP contribution in [0.1, 0.15) is 53.9 Å². The highest BCUT2D eigenvalue weighted by Crippen LogP contribution is 2.36. The number of carbonyl (C=O) groups excluding carboxylic acids is 2. The lowest BCUT2D eigenvalue weighted by molar-refractivity contribution is 0.194. The molecule has 4 aromatic rings. The van der Waals surface area contributed by atoms with Crippen LogP contribution in [0.5, 0.6) is 11.5 Å². The van der Waals surface area contributed by atoms with E-state index in [9.17, 15) is 30.0 Å². The van der Waals surface area contributed by atoms with Gasteiger partial charge in [0.1, 0.15) is 11.5 Å². The van der Waals surface area contributed by atoms with Gasteiger partial charge in [-0.25, -0.2) is 9.59 Å². The van der Waals surface area contributed by atoms with Crippen molar-refractivity contribution in [1.29, 1.82) is 0 Å². The molecule has 46 heavy (non-hydrogen) atoms. The van der Waals surface area contributed by atoms with Crippen LogP contribution >= 0.6 is 23.2 Å². The zero-order valence-corrected chi connectivity index (χ0v) is 27.2. The van der Waals surface area contributed by atoms with E-state index in [1.165, 1.54) is 38.1 Å². The third-order valence-electron chi connectivity index (χ3n) is 6.84. The number of amides is 4. The summed E-state index contributed by atoms with van der Waals surface area (Å²) in [4.78, 5) is 23.9. The number of aromatic hydroxyl groups is 2. The van der Waals surface area contributed by atoms with Crippen molar-refractivity contribution in [3.8, 4) is 11.5 Å². The first-order chi connectivity index (χ1) is 21.8. The minimum Gasteiger partial charge on any atom is -0.506 e. The highest BCUT2D eigenvalue weighted by Gasteiger charge is 2.15. The summed E-state index contributed by atoms with van der Waals surface area (Å²) >= 11 is 11.8. The first-order valence-corrected chi connectivity index (χ1v) is 15.2.